The summed E-state index contributed by atoms with van der Waals surface area (Å²) in [6.07, 6.45) is 1.56. The van der Waals surface area contributed by atoms with Gasteiger partial charge in [-0.25, -0.2) is 9.78 Å². The molecule has 72 valence electrons. The number of aromatic nitrogens is 2. The lowest BCUT2D eigenvalue weighted by Gasteiger charge is -1.98. The van der Waals surface area contributed by atoms with E-state index >= 15 is 0 Å². The lowest BCUT2D eigenvalue weighted by molar-refractivity contribution is 0.0690. The second-order valence-electron chi connectivity index (χ2n) is 2.96. The van der Waals surface area contributed by atoms with Crippen molar-refractivity contribution in [2.45, 2.75) is 0 Å². The lowest BCUT2D eigenvalue weighted by atomic mass is 10.3. The number of pyridine rings is 1. The number of nitrogens with zero attached hydrogens (tertiary/aromatic N) is 2. The molecule has 0 atom stereocenters. The molecule has 0 fully saturated rings. The van der Waals surface area contributed by atoms with Crippen LogP contribution >= 0.6 is 15.9 Å². The van der Waals surface area contributed by atoms with Crippen LogP contribution in [0, 0.1) is 0 Å². The van der Waals surface area contributed by atoms with Gasteiger partial charge in [-0.3, -0.25) is 0 Å². The van der Waals surface area contributed by atoms with E-state index in [0.29, 0.717) is 0 Å². The van der Waals surface area contributed by atoms with Crippen molar-refractivity contribution in [1.82, 2.24) is 9.55 Å². The number of aryl methyl sites for hydroxylation is 1. The molecule has 0 aromatic carbocycles. The SMILES string of the molecule is Cn1c(Br)cc2cnc(C(=O)O)cc21. The number of fused-ring (bicyclic) bond motifs is 1. The van der Waals surface area contributed by atoms with Gasteiger partial charge in [0.1, 0.15) is 5.69 Å². The Labute approximate surface area is 88.3 Å². The molecule has 4 nitrogen and oxygen atoms in total. The van der Waals surface area contributed by atoms with Gasteiger partial charge in [-0.2, -0.15) is 0 Å². The minimum atomic E-state index is -1.01. The van der Waals surface area contributed by atoms with Gasteiger partial charge in [-0.1, -0.05) is 0 Å². The van der Waals surface area contributed by atoms with Crippen LogP contribution < -0.4 is 0 Å². The maximum Gasteiger partial charge on any atom is 0.354 e. The summed E-state index contributed by atoms with van der Waals surface area (Å²) in [5.41, 5.74) is 0.912. The van der Waals surface area contributed by atoms with Crippen molar-refractivity contribution in [3.8, 4) is 0 Å². The quantitative estimate of drug-likeness (QED) is 0.848. The summed E-state index contributed by atoms with van der Waals surface area (Å²) in [4.78, 5) is 14.5. The minimum absolute atomic E-state index is 0.0613. The van der Waals surface area contributed by atoms with Crippen molar-refractivity contribution >= 4 is 32.8 Å². The number of hydrogen-bond acceptors (Lipinski definition) is 2. The van der Waals surface area contributed by atoms with E-state index in [-0.39, 0.29) is 5.69 Å². The first kappa shape index (κ1) is 9.21. The van der Waals surface area contributed by atoms with Crippen molar-refractivity contribution in [2.75, 3.05) is 0 Å². The van der Waals surface area contributed by atoms with Crippen molar-refractivity contribution in [2.24, 2.45) is 7.05 Å². The number of carboxylic acid groups (broad SMARTS) is 1. The summed E-state index contributed by atoms with van der Waals surface area (Å²) < 4.78 is 2.76. The van der Waals surface area contributed by atoms with Crippen LogP contribution in [-0.4, -0.2) is 20.6 Å². The molecule has 2 rings (SSSR count). The summed E-state index contributed by atoms with van der Waals surface area (Å²) in [6, 6.07) is 3.45. The number of hydrogen-bond donors (Lipinski definition) is 1. The zero-order valence-electron chi connectivity index (χ0n) is 7.36. The first-order chi connectivity index (χ1) is 6.59. The first-order valence-electron chi connectivity index (χ1n) is 3.94. The number of halogens is 1. The topological polar surface area (TPSA) is 55.1 Å². The van der Waals surface area contributed by atoms with Crippen LogP contribution in [0.2, 0.25) is 0 Å². The van der Waals surface area contributed by atoms with Crippen molar-refractivity contribution in [3.63, 3.8) is 0 Å². The van der Waals surface area contributed by atoms with Crippen LogP contribution in [0.25, 0.3) is 10.9 Å². The number of rotatable bonds is 1. The fourth-order valence-electron chi connectivity index (χ4n) is 1.31. The predicted molar refractivity (Wildman–Crippen MR) is 55.4 cm³/mol. The third-order valence-electron chi connectivity index (χ3n) is 2.09. The van der Waals surface area contributed by atoms with E-state index in [4.69, 9.17) is 5.11 Å². The van der Waals surface area contributed by atoms with Crippen LogP contribution in [0.1, 0.15) is 10.5 Å². The standard InChI is InChI=1S/C9H7BrN2O2/c1-12-7-3-6(9(13)14)11-4-5(7)2-8(12)10/h2-4H,1H3,(H,13,14). The summed E-state index contributed by atoms with van der Waals surface area (Å²) in [7, 11) is 1.86. The molecule has 0 radical (unpaired) electrons. The van der Waals surface area contributed by atoms with E-state index in [1.807, 2.05) is 17.7 Å². The number of aromatic carboxylic acids is 1. The van der Waals surface area contributed by atoms with Crippen molar-refractivity contribution in [3.05, 3.63) is 28.6 Å². The van der Waals surface area contributed by atoms with Gasteiger partial charge >= 0.3 is 5.97 Å². The van der Waals surface area contributed by atoms with Crippen LogP contribution in [0.4, 0.5) is 0 Å². The lowest BCUT2D eigenvalue weighted by Crippen LogP contribution is -2.00. The molecule has 2 heterocycles. The van der Waals surface area contributed by atoms with E-state index in [2.05, 4.69) is 20.9 Å². The van der Waals surface area contributed by atoms with Gasteiger partial charge < -0.3 is 9.67 Å². The molecule has 0 amide bonds. The van der Waals surface area contributed by atoms with Crippen LogP contribution in [0.5, 0.6) is 0 Å². The largest absolute Gasteiger partial charge is 0.477 e. The third-order valence-corrected chi connectivity index (χ3v) is 2.85. The Morgan fingerprint density at radius 1 is 1.57 bits per heavy atom. The molecule has 2 aromatic heterocycles. The fourth-order valence-corrected chi connectivity index (χ4v) is 1.75. The van der Waals surface area contributed by atoms with Gasteiger partial charge in [0.2, 0.25) is 0 Å². The molecular weight excluding hydrogens is 248 g/mol. The van der Waals surface area contributed by atoms with Gasteiger partial charge in [0.15, 0.2) is 0 Å². The maximum atomic E-state index is 10.7. The van der Waals surface area contributed by atoms with Gasteiger partial charge in [0.25, 0.3) is 0 Å². The fraction of sp³-hybridized carbons (Fsp3) is 0.111. The molecule has 0 aliphatic heterocycles. The maximum absolute atomic E-state index is 10.7. The summed E-state index contributed by atoms with van der Waals surface area (Å²) in [5, 5.41) is 9.68. The Hall–Kier alpha value is -1.36. The summed E-state index contributed by atoms with van der Waals surface area (Å²) >= 11 is 3.36. The second kappa shape index (κ2) is 3.09. The van der Waals surface area contributed by atoms with E-state index in [0.717, 1.165) is 15.5 Å². The molecule has 14 heavy (non-hydrogen) atoms. The van der Waals surface area contributed by atoms with Crippen LogP contribution in [0.15, 0.2) is 22.9 Å². The number of carboxylic acids is 1. The monoisotopic (exact) mass is 254 g/mol. The van der Waals surface area contributed by atoms with E-state index in [1.54, 1.807) is 12.3 Å². The van der Waals surface area contributed by atoms with Crippen molar-refractivity contribution < 1.29 is 9.90 Å². The molecule has 0 unspecified atom stereocenters. The highest BCUT2D eigenvalue weighted by molar-refractivity contribution is 9.10. The zero-order chi connectivity index (χ0) is 10.3. The molecule has 1 N–H and O–H groups in total. The Kier molecular flexibility index (Phi) is 2.03. The average Bonchev–Trinajstić information content (AvgIpc) is 2.43. The zero-order valence-corrected chi connectivity index (χ0v) is 8.95. The van der Waals surface area contributed by atoms with E-state index < -0.39 is 5.97 Å². The first-order valence-corrected chi connectivity index (χ1v) is 4.73. The molecule has 0 aliphatic carbocycles. The van der Waals surface area contributed by atoms with Crippen LogP contribution in [-0.2, 0) is 7.05 Å². The van der Waals surface area contributed by atoms with Crippen LogP contribution in [0.3, 0.4) is 0 Å². The predicted octanol–water partition coefficient (Wildman–Crippen LogP) is 2.03. The molecular formula is C9H7BrN2O2. The highest BCUT2D eigenvalue weighted by atomic mass is 79.9. The third kappa shape index (κ3) is 1.29. The van der Waals surface area contributed by atoms with Gasteiger partial charge in [0.05, 0.1) is 10.1 Å². The highest BCUT2D eigenvalue weighted by Crippen LogP contribution is 2.22. The molecule has 5 heteroatoms. The number of carbonyl (C=O) groups is 1. The van der Waals surface area contributed by atoms with Crippen molar-refractivity contribution in [1.29, 1.82) is 0 Å². The smallest absolute Gasteiger partial charge is 0.354 e. The molecule has 0 aliphatic rings. The Morgan fingerprint density at radius 2 is 2.29 bits per heavy atom. The van der Waals surface area contributed by atoms with Gasteiger partial charge in [-0.05, 0) is 28.1 Å². The Balaban J connectivity index is 2.76. The second-order valence-corrected chi connectivity index (χ2v) is 3.77. The highest BCUT2D eigenvalue weighted by Gasteiger charge is 2.08. The Morgan fingerprint density at radius 3 is 2.93 bits per heavy atom. The normalized spacial score (nSPS) is 10.7. The molecule has 0 spiro atoms. The van der Waals surface area contributed by atoms with Gasteiger partial charge in [0, 0.05) is 18.6 Å². The van der Waals surface area contributed by atoms with E-state index in [9.17, 15) is 4.79 Å². The summed E-state index contributed by atoms with van der Waals surface area (Å²) in [5.74, 6) is -1.01. The van der Waals surface area contributed by atoms with Gasteiger partial charge in [-0.15, -0.1) is 0 Å². The molecule has 2 aromatic rings. The molecule has 0 saturated carbocycles. The Bertz CT molecular complexity index is 519. The average molecular weight is 255 g/mol. The van der Waals surface area contributed by atoms with E-state index in [1.165, 1.54) is 0 Å². The summed E-state index contributed by atoms with van der Waals surface area (Å²) in [6.45, 7) is 0. The minimum Gasteiger partial charge on any atom is -0.477 e. The molecule has 0 bridgehead atoms. The molecule has 0 saturated heterocycles.